The van der Waals surface area contributed by atoms with Gasteiger partial charge in [0.1, 0.15) is 11.6 Å². The van der Waals surface area contributed by atoms with E-state index >= 15 is 0 Å². The van der Waals surface area contributed by atoms with Crippen LogP contribution in [0.4, 0.5) is 5.69 Å². The SMILES string of the molecule is CN=C(NCc1nc(-c2ccc(OC)cc2)n[nH]1)NC1CCN(c2ccc(C)cc2)C1.I. The van der Waals surface area contributed by atoms with Gasteiger partial charge >= 0.3 is 0 Å². The molecule has 2 aromatic carbocycles. The number of nitrogens with zero attached hydrogens (tertiary/aromatic N) is 4. The lowest BCUT2D eigenvalue weighted by Crippen LogP contribution is -2.44. The van der Waals surface area contributed by atoms with Crippen LogP contribution in [-0.2, 0) is 6.54 Å². The minimum Gasteiger partial charge on any atom is -0.497 e. The van der Waals surface area contributed by atoms with Crippen molar-refractivity contribution in [1.82, 2.24) is 25.8 Å². The van der Waals surface area contributed by atoms with Gasteiger partial charge < -0.3 is 20.3 Å². The van der Waals surface area contributed by atoms with Crippen LogP contribution in [0.3, 0.4) is 0 Å². The Bertz CT molecular complexity index is 1020. The standard InChI is InChI=1S/C23H29N7O.HI/c1-16-4-8-19(9-5-16)30-13-12-18(15-30)26-23(24-2)25-14-21-27-22(29-28-21)17-6-10-20(31-3)11-7-17;/h4-11,18H,12-15H2,1-3H3,(H2,24,25,26)(H,27,28,29);1H. The van der Waals surface area contributed by atoms with Gasteiger partial charge in [-0.1, -0.05) is 17.7 Å². The molecule has 8 nitrogen and oxygen atoms in total. The van der Waals surface area contributed by atoms with Crippen LogP contribution in [-0.4, -0.2) is 54.4 Å². The highest BCUT2D eigenvalue weighted by atomic mass is 127. The number of aromatic amines is 1. The first kappa shape index (κ1) is 23.8. The van der Waals surface area contributed by atoms with Crippen LogP contribution in [0.5, 0.6) is 5.75 Å². The molecular weight excluding hydrogens is 517 g/mol. The number of ether oxygens (including phenoxy) is 1. The summed E-state index contributed by atoms with van der Waals surface area (Å²) in [4.78, 5) is 11.3. The van der Waals surface area contributed by atoms with Crippen molar-refractivity contribution in [1.29, 1.82) is 0 Å². The minimum absolute atomic E-state index is 0. The number of H-pyrrole nitrogens is 1. The highest BCUT2D eigenvalue weighted by Gasteiger charge is 2.23. The molecule has 1 atom stereocenters. The summed E-state index contributed by atoms with van der Waals surface area (Å²) < 4.78 is 5.20. The first-order valence-electron chi connectivity index (χ1n) is 10.5. The van der Waals surface area contributed by atoms with E-state index in [4.69, 9.17) is 4.74 Å². The number of aliphatic imine (C=N–C) groups is 1. The molecule has 1 aliphatic rings. The van der Waals surface area contributed by atoms with Gasteiger partial charge in [0.2, 0.25) is 0 Å². The van der Waals surface area contributed by atoms with Gasteiger partial charge in [0.25, 0.3) is 0 Å². The zero-order valence-corrected chi connectivity index (χ0v) is 21.0. The molecule has 0 radical (unpaired) electrons. The van der Waals surface area contributed by atoms with Crippen LogP contribution in [0.15, 0.2) is 53.5 Å². The average molecular weight is 547 g/mol. The Morgan fingerprint density at radius 3 is 2.62 bits per heavy atom. The molecule has 0 bridgehead atoms. The number of halogens is 1. The molecule has 9 heteroatoms. The molecular formula is C23H30IN7O. The number of benzene rings is 2. The lowest BCUT2D eigenvalue weighted by atomic mass is 10.2. The maximum absolute atomic E-state index is 5.20. The fraction of sp³-hybridized carbons (Fsp3) is 0.348. The van der Waals surface area contributed by atoms with Crippen molar-refractivity contribution in [2.45, 2.75) is 25.9 Å². The van der Waals surface area contributed by atoms with Crippen LogP contribution in [0.1, 0.15) is 17.8 Å². The van der Waals surface area contributed by atoms with E-state index in [2.05, 4.69) is 66.9 Å². The molecule has 1 aromatic heterocycles. The first-order chi connectivity index (χ1) is 15.1. The fourth-order valence-corrected chi connectivity index (χ4v) is 3.67. The van der Waals surface area contributed by atoms with E-state index in [-0.39, 0.29) is 24.0 Å². The normalized spacial score (nSPS) is 15.9. The van der Waals surface area contributed by atoms with Crippen LogP contribution < -0.4 is 20.3 Å². The molecule has 3 N–H and O–H groups in total. The molecule has 170 valence electrons. The number of anilines is 1. The Hall–Kier alpha value is -2.82. The highest BCUT2D eigenvalue weighted by Crippen LogP contribution is 2.21. The van der Waals surface area contributed by atoms with E-state index < -0.39 is 0 Å². The quantitative estimate of drug-likeness (QED) is 0.249. The summed E-state index contributed by atoms with van der Waals surface area (Å²) in [5.74, 6) is 2.98. The van der Waals surface area contributed by atoms with Crippen molar-refractivity contribution in [3.8, 4) is 17.1 Å². The summed E-state index contributed by atoms with van der Waals surface area (Å²) in [6.07, 6.45) is 1.07. The van der Waals surface area contributed by atoms with E-state index in [0.29, 0.717) is 18.4 Å². The highest BCUT2D eigenvalue weighted by molar-refractivity contribution is 14.0. The predicted octanol–water partition coefficient (Wildman–Crippen LogP) is 3.35. The number of hydrogen-bond donors (Lipinski definition) is 3. The van der Waals surface area contributed by atoms with Gasteiger partial charge in [0.05, 0.1) is 13.7 Å². The molecule has 1 aliphatic heterocycles. The van der Waals surface area contributed by atoms with Crippen molar-refractivity contribution >= 4 is 35.6 Å². The van der Waals surface area contributed by atoms with Crippen molar-refractivity contribution in [2.75, 3.05) is 32.1 Å². The molecule has 2 heterocycles. The zero-order valence-electron chi connectivity index (χ0n) is 18.6. The molecule has 1 fully saturated rings. The molecule has 0 aliphatic carbocycles. The predicted molar refractivity (Wildman–Crippen MR) is 139 cm³/mol. The van der Waals surface area contributed by atoms with Crippen LogP contribution in [0, 0.1) is 6.92 Å². The van der Waals surface area contributed by atoms with Crippen molar-refractivity contribution < 1.29 is 4.74 Å². The Kier molecular flexibility index (Phi) is 8.32. The average Bonchev–Trinajstić information content (AvgIpc) is 3.47. The number of hydrogen-bond acceptors (Lipinski definition) is 5. The van der Waals surface area contributed by atoms with Crippen LogP contribution in [0.2, 0.25) is 0 Å². The van der Waals surface area contributed by atoms with Gasteiger partial charge in [-0.05, 0) is 49.7 Å². The van der Waals surface area contributed by atoms with Gasteiger partial charge in [-0.3, -0.25) is 10.1 Å². The minimum atomic E-state index is 0. The van der Waals surface area contributed by atoms with Gasteiger partial charge in [-0.2, -0.15) is 5.10 Å². The second kappa shape index (κ2) is 11.2. The third kappa shape index (κ3) is 5.90. The van der Waals surface area contributed by atoms with Crippen molar-refractivity contribution in [3.05, 3.63) is 59.9 Å². The van der Waals surface area contributed by atoms with E-state index in [0.717, 1.165) is 42.6 Å². The molecule has 1 saturated heterocycles. The second-order valence-corrected chi connectivity index (χ2v) is 7.67. The summed E-state index contributed by atoms with van der Waals surface area (Å²) in [5, 5.41) is 14.2. The summed E-state index contributed by atoms with van der Waals surface area (Å²) in [6.45, 7) is 4.61. The monoisotopic (exact) mass is 547 g/mol. The Labute approximate surface area is 205 Å². The molecule has 1 unspecified atom stereocenters. The number of aromatic nitrogens is 3. The van der Waals surface area contributed by atoms with Gasteiger partial charge in [-0.15, -0.1) is 24.0 Å². The largest absolute Gasteiger partial charge is 0.497 e. The summed E-state index contributed by atoms with van der Waals surface area (Å²) >= 11 is 0. The smallest absolute Gasteiger partial charge is 0.191 e. The fourth-order valence-electron chi connectivity index (χ4n) is 3.67. The molecule has 3 aromatic rings. The lowest BCUT2D eigenvalue weighted by Gasteiger charge is -2.20. The maximum atomic E-state index is 5.20. The molecule has 0 spiro atoms. The summed E-state index contributed by atoms with van der Waals surface area (Å²) in [7, 11) is 3.43. The Morgan fingerprint density at radius 2 is 1.94 bits per heavy atom. The molecule has 4 rings (SSSR count). The summed E-state index contributed by atoms with van der Waals surface area (Å²) in [5.41, 5.74) is 3.49. The summed E-state index contributed by atoms with van der Waals surface area (Å²) in [6, 6.07) is 16.7. The second-order valence-electron chi connectivity index (χ2n) is 7.67. The topological polar surface area (TPSA) is 90.5 Å². The van der Waals surface area contributed by atoms with Crippen molar-refractivity contribution in [3.63, 3.8) is 0 Å². The van der Waals surface area contributed by atoms with E-state index in [1.807, 2.05) is 24.3 Å². The number of rotatable bonds is 6. The van der Waals surface area contributed by atoms with Gasteiger partial charge in [0, 0.05) is 37.4 Å². The van der Waals surface area contributed by atoms with Crippen molar-refractivity contribution in [2.24, 2.45) is 4.99 Å². The molecule has 0 saturated carbocycles. The van der Waals surface area contributed by atoms with Crippen LogP contribution >= 0.6 is 24.0 Å². The third-order valence-corrected chi connectivity index (χ3v) is 5.46. The van der Waals surface area contributed by atoms with Gasteiger partial charge in [-0.25, -0.2) is 4.98 Å². The van der Waals surface area contributed by atoms with E-state index in [1.165, 1.54) is 11.3 Å². The van der Waals surface area contributed by atoms with Crippen LogP contribution in [0.25, 0.3) is 11.4 Å². The zero-order chi connectivity index (χ0) is 21.6. The first-order valence-corrected chi connectivity index (χ1v) is 10.5. The number of nitrogens with one attached hydrogen (secondary N) is 3. The lowest BCUT2D eigenvalue weighted by molar-refractivity contribution is 0.415. The number of aryl methyl sites for hydroxylation is 1. The van der Waals surface area contributed by atoms with E-state index in [9.17, 15) is 0 Å². The van der Waals surface area contributed by atoms with Gasteiger partial charge in [0.15, 0.2) is 11.8 Å². The van der Waals surface area contributed by atoms with E-state index in [1.54, 1.807) is 14.2 Å². The maximum Gasteiger partial charge on any atom is 0.191 e. The Balaban J connectivity index is 0.00000289. The number of methoxy groups -OCH3 is 1. The third-order valence-electron chi connectivity index (χ3n) is 5.46. The Morgan fingerprint density at radius 1 is 1.19 bits per heavy atom. The number of guanidine groups is 1. The molecule has 0 amide bonds. The molecule has 32 heavy (non-hydrogen) atoms.